The molecule has 0 aliphatic carbocycles. The van der Waals surface area contributed by atoms with Gasteiger partial charge < -0.3 is 0 Å². The maximum absolute atomic E-state index is 13.0. The normalized spacial score (nSPS) is 17.4. The van der Waals surface area contributed by atoms with Crippen LogP contribution in [0.5, 0.6) is 0 Å². The predicted octanol–water partition coefficient (Wildman–Crippen LogP) is 3.61. The number of fused-ring (bicyclic) bond motifs is 1. The smallest absolute Gasteiger partial charge is 0.259 e. The molecule has 1 aliphatic rings. The highest BCUT2D eigenvalue weighted by molar-refractivity contribution is 7.92. The summed E-state index contributed by atoms with van der Waals surface area (Å²) in [5.74, 6) is 0. The fourth-order valence-corrected chi connectivity index (χ4v) is 4.55. The molecule has 1 aliphatic heterocycles. The number of benzene rings is 2. The van der Waals surface area contributed by atoms with Crippen LogP contribution in [0.25, 0.3) is 0 Å². The standard InChI is InChI=1S/C18H19NO2S/c1-4-16-12-15-11-14(3)7-10-18(15)19(16)22(20,21)17-8-5-13(2)6-9-17/h4-11,16H,1,12H2,2-3H3. The van der Waals surface area contributed by atoms with Crippen molar-refractivity contribution in [2.24, 2.45) is 0 Å². The molecule has 0 saturated carbocycles. The minimum atomic E-state index is -3.58. The van der Waals surface area contributed by atoms with E-state index in [0.717, 1.165) is 22.4 Å². The number of nitrogens with zero attached hydrogens (tertiary/aromatic N) is 1. The number of hydrogen-bond acceptors (Lipinski definition) is 2. The summed E-state index contributed by atoms with van der Waals surface area (Å²) in [6, 6.07) is 12.6. The lowest BCUT2D eigenvalue weighted by molar-refractivity contribution is 0.588. The minimum Gasteiger partial charge on any atom is -0.259 e. The maximum Gasteiger partial charge on any atom is 0.264 e. The van der Waals surface area contributed by atoms with Crippen LogP contribution < -0.4 is 4.31 Å². The van der Waals surface area contributed by atoms with Gasteiger partial charge >= 0.3 is 0 Å². The number of sulfonamides is 1. The first-order chi connectivity index (χ1) is 10.4. The van der Waals surface area contributed by atoms with Gasteiger partial charge in [-0.3, -0.25) is 4.31 Å². The van der Waals surface area contributed by atoms with Crippen LogP contribution in [0.15, 0.2) is 60.0 Å². The SMILES string of the molecule is C=CC1Cc2cc(C)ccc2N1S(=O)(=O)c1ccc(C)cc1. The zero-order chi connectivity index (χ0) is 15.9. The van der Waals surface area contributed by atoms with Crippen molar-refractivity contribution >= 4 is 15.7 Å². The van der Waals surface area contributed by atoms with Crippen LogP contribution >= 0.6 is 0 Å². The molecule has 2 aromatic carbocycles. The third kappa shape index (κ3) is 2.33. The van der Waals surface area contributed by atoms with Gasteiger partial charge in [-0.15, -0.1) is 6.58 Å². The first-order valence-corrected chi connectivity index (χ1v) is 8.70. The van der Waals surface area contributed by atoms with Crippen LogP contribution in [0.1, 0.15) is 16.7 Å². The molecule has 0 fully saturated rings. The Morgan fingerprint density at radius 3 is 2.36 bits per heavy atom. The molecule has 0 radical (unpaired) electrons. The lowest BCUT2D eigenvalue weighted by atomic mass is 10.1. The van der Waals surface area contributed by atoms with E-state index in [9.17, 15) is 8.42 Å². The van der Waals surface area contributed by atoms with Gasteiger partial charge in [0.05, 0.1) is 16.6 Å². The van der Waals surface area contributed by atoms with Crippen LogP contribution in [0.3, 0.4) is 0 Å². The summed E-state index contributed by atoms with van der Waals surface area (Å²) >= 11 is 0. The van der Waals surface area contributed by atoms with Crippen LogP contribution in [-0.4, -0.2) is 14.5 Å². The number of rotatable bonds is 3. The summed E-state index contributed by atoms with van der Waals surface area (Å²) in [6.45, 7) is 7.77. The summed E-state index contributed by atoms with van der Waals surface area (Å²) in [6.07, 6.45) is 2.38. The third-order valence-corrected chi connectivity index (χ3v) is 5.91. The molecule has 3 nitrogen and oxygen atoms in total. The quantitative estimate of drug-likeness (QED) is 0.812. The Bertz CT molecular complexity index is 823. The lowest BCUT2D eigenvalue weighted by Crippen LogP contribution is -2.36. The van der Waals surface area contributed by atoms with Gasteiger partial charge in [-0.05, 0) is 44.0 Å². The first kappa shape index (κ1) is 14.9. The Balaban J connectivity index is 2.13. The molecule has 1 unspecified atom stereocenters. The molecule has 1 heterocycles. The van der Waals surface area contributed by atoms with Crippen LogP contribution in [0, 0.1) is 13.8 Å². The van der Waals surface area contributed by atoms with E-state index in [4.69, 9.17) is 0 Å². The summed E-state index contributed by atoms with van der Waals surface area (Å²) in [5.41, 5.74) is 3.99. The van der Waals surface area contributed by atoms with Crippen molar-refractivity contribution in [2.45, 2.75) is 31.2 Å². The Hall–Kier alpha value is -2.07. The Morgan fingerprint density at radius 2 is 1.73 bits per heavy atom. The van der Waals surface area contributed by atoms with Crippen molar-refractivity contribution in [1.29, 1.82) is 0 Å². The zero-order valence-electron chi connectivity index (χ0n) is 12.8. The van der Waals surface area contributed by atoms with Crippen molar-refractivity contribution in [3.05, 3.63) is 71.8 Å². The summed E-state index contributed by atoms with van der Waals surface area (Å²) in [4.78, 5) is 0.318. The number of aryl methyl sites for hydroxylation is 2. The molecule has 22 heavy (non-hydrogen) atoms. The van der Waals surface area contributed by atoms with E-state index in [1.165, 1.54) is 4.31 Å². The van der Waals surface area contributed by atoms with E-state index in [-0.39, 0.29) is 6.04 Å². The number of anilines is 1. The van der Waals surface area contributed by atoms with Crippen molar-refractivity contribution in [1.82, 2.24) is 0 Å². The molecule has 2 aromatic rings. The van der Waals surface area contributed by atoms with E-state index >= 15 is 0 Å². The third-order valence-electron chi connectivity index (χ3n) is 4.05. The Labute approximate surface area is 132 Å². The van der Waals surface area contributed by atoms with Gasteiger partial charge in [0.25, 0.3) is 10.0 Å². The average molecular weight is 313 g/mol. The van der Waals surface area contributed by atoms with E-state index in [1.54, 1.807) is 18.2 Å². The zero-order valence-corrected chi connectivity index (χ0v) is 13.6. The summed E-state index contributed by atoms with van der Waals surface area (Å²) < 4.78 is 27.6. The Morgan fingerprint density at radius 1 is 1.09 bits per heavy atom. The predicted molar refractivity (Wildman–Crippen MR) is 89.7 cm³/mol. The molecule has 0 saturated heterocycles. The fourth-order valence-electron chi connectivity index (χ4n) is 2.89. The highest BCUT2D eigenvalue weighted by atomic mass is 32.2. The second-order valence-corrected chi connectivity index (χ2v) is 7.57. The molecule has 3 rings (SSSR count). The van der Waals surface area contributed by atoms with Gasteiger partial charge in [0.1, 0.15) is 0 Å². The lowest BCUT2D eigenvalue weighted by Gasteiger charge is -2.25. The van der Waals surface area contributed by atoms with E-state index in [1.807, 2.05) is 38.1 Å². The van der Waals surface area contributed by atoms with Crippen molar-refractivity contribution in [3.8, 4) is 0 Å². The molecule has 0 bridgehead atoms. The topological polar surface area (TPSA) is 37.4 Å². The second-order valence-electron chi connectivity index (χ2n) is 5.75. The molecule has 0 amide bonds. The van der Waals surface area contributed by atoms with E-state index < -0.39 is 10.0 Å². The summed E-state index contributed by atoms with van der Waals surface area (Å²) in [5, 5.41) is 0. The van der Waals surface area contributed by atoms with Crippen molar-refractivity contribution < 1.29 is 8.42 Å². The van der Waals surface area contributed by atoms with E-state index in [2.05, 4.69) is 12.6 Å². The first-order valence-electron chi connectivity index (χ1n) is 7.26. The van der Waals surface area contributed by atoms with Crippen LogP contribution in [-0.2, 0) is 16.4 Å². The van der Waals surface area contributed by atoms with Gasteiger partial charge in [-0.2, -0.15) is 0 Å². The largest absolute Gasteiger partial charge is 0.264 e. The highest BCUT2D eigenvalue weighted by Gasteiger charge is 2.36. The van der Waals surface area contributed by atoms with Crippen LogP contribution in [0.4, 0.5) is 5.69 Å². The van der Waals surface area contributed by atoms with Gasteiger partial charge in [0, 0.05) is 0 Å². The van der Waals surface area contributed by atoms with Crippen molar-refractivity contribution in [2.75, 3.05) is 4.31 Å². The second kappa shape index (κ2) is 5.29. The van der Waals surface area contributed by atoms with Gasteiger partial charge in [-0.25, -0.2) is 8.42 Å². The Kier molecular flexibility index (Phi) is 3.57. The van der Waals surface area contributed by atoms with Crippen molar-refractivity contribution in [3.63, 3.8) is 0 Å². The monoisotopic (exact) mass is 313 g/mol. The maximum atomic E-state index is 13.0. The summed E-state index contributed by atoms with van der Waals surface area (Å²) in [7, 11) is -3.58. The molecular weight excluding hydrogens is 294 g/mol. The number of hydrogen-bond donors (Lipinski definition) is 0. The average Bonchev–Trinajstić information content (AvgIpc) is 2.85. The molecule has 0 aromatic heterocycles. The molecular formula is C18H19NO2S. The van der Waals surface area contributed by atoms with Crippen LogP contribution in [0.2, 0.25) is 0 Å². The highest BCUT2D eigenvalue weighted by Crippen LogP contribution is 2.37. The van der Waals surface area contributed by atoms with Gasteiger partial charge in [0.2, 0.25) is 0 Å². The van der Waals surface area contributed by atoms with Gasteiger partial charge in [-0.1, -0.05) is 41.5 Å². The molecule has 4 heteroatoms. The molecule has 0 N–H and O–H groups in total. The van der Waals surface area contributed by atoms with E-state index in [0.29, 0.717) is 11.3 Å². The molecule has 1 atom stereocenters. The molecule has 114 valence electrons. The fraction of sp³-hybridized carbons (Fsp3) is 0.222. The van der Waals surface area contributed by atoms with Gasteiger partial charge in [0.15, 0.2) is 0 Å². The minimum absolute atomic E-state index is 0.233. The molecule has 0 spiro atoms.